The molecule has 4 unspecified atom stereocenters. The largest absolute Gasteiger partial charge is 0.396 e. The van der Waals surface area contributed by atoms with Crippen LogP contribution in [0.1, 0.15) is 12.0 Å². The minimum atomic E-state index is -3.90. The fourth-order valence-corrected chi connectivity index (χ4v) is 3.77. The van der Waals surface area contributed by atoms with E-state index in [-0.39, 0.29) is 23.2 Å². The zero-order chi connectivity index (χ0) is 14.9. The maximum Gasteiger partial charge on any atom is 0.297 e. The minimum absolute atomic E-state index is 0.0787. The Hall–Kier alpha value is -0.885. The Balaban J connectivity index is 2.18. The number of aryl methyl sites for hydroxylation is 1. The lowest BCUT2D eigenvalue weighted by molar-refractivity contribution is 0.0219. The van der Waals surface area contributed by atoms with Crippen LogP contribution in [0, 0.1) is 12.8 Å². The Morgan fingerprint density at radius 1 is 1.35 bits per heavy atom. The van der Waals surface area contributed by atoms with Crippen LogP contribution in [0.25, 0.3) is 0 Å². The highest BCUT2D eigenvalue weighted by Gasteiger charge is 2.43. The van der Waals surface area contributed by atoms with E-state index in [2.05, 4.69) is 0 Å². The number of aliphatic hydroxyl groups excluding tert-OH is 2. The summed E-state index contributed by atoms with van der Waals surface area (Å²) in [6, 6.07) is 6.36. The lowest BCUT2D eigenvalue weighted by atomic mass is 9.84. The first-order valence-electron chi connectivity index (χ1n) is 6.64. The van der Waals surface area contributed by atoms with E-state index in [1.807, 2.05) is 14.8 Å². The summed E-state index contributed by atoms with van der Waals surface area (Å²) in [4.78, 5) is 0.0787. The molecule has 0 radical (unpaired) electrons. The van der Waals surface area contributed by atoms with Crippen LogP contribution >= 0.6 is 0 Å². The van der Waals surface area contributed by atoms with Gasteiger partial charge in [0.1, 0.15) is 7.85 Å². The molecule has 20 heavy (non-hydrogen) atoms. The Bertz CT molecular complexity index is 557. The Kier molecular flexibility index (Phi) is 4.54. The Morgan fingerprint density at radius 2 is 1.95 bits per heavy atom. The van der Waals surface area contributed by atoms with Gasteiger partial charge >= 0.3 is 0 Å². The van der Waals surface area contributed by atoms with Crippen molar-refractivity contribution in [1.29, 1.82) is 0 Å². The highest BCUT2D eigenvalue weighted by molar-refractivity contribution is 7.86. The fourth-order valence-electron chi connectivity index (χ4n) is 2.60. The Labute approximate surface area is 120 Å². The summed E-state index contributed by atoms with van der Waals surface area (Å²) < 4.78 is 29.6. The summed E-state index contributed by atoms with van der Waals surface area (Å²) in [5, 5.41) is 19.2. The van der Waals surface area contributed by atoms with Gasteiger partial charge in [0.05, 0.1) is 17.1 Å². The van der Waals surface area contributed by atoms with Gasteiger partial charge in [-0.15, -0.1) is 0 Å². The third kappa shape index (κ3) is 3.06. The van der Waals surface area contributed by atoms with Crippen LogP contribution in [0.15, 0.2) is 29.2 Å². The molecule has 0 saturated heterocycles. The second-order valence-electron chi connectivity index (χ2n) is 5.47. The van der Waals surface area contributed by atoms with Crippen molar-refractivity contribution >= 4 is 18.0 Å². The van der Waals surface area contributed by atoms with Crippen LogP contribution in [0.4, 0.5) is 0 Å². The zero-order valence-electron chi connectivity index (χ0n) is 11.6. The number of rotatable bonds is 4. The molecule has 1 saturated carbocycles. The van der Waals surface area contributed by atoms with E-state index in [9.17, 15) is 13.5 Å². The SMILES string of the molecule is BC1CC(CO)C(O)C1OS(=O)(=O)c1ccc(C)cc1. The zero-order valence-corrected chi connectivity index (χ0v) is 12.4. The second kappa shape index (κ2) is 5.85. The van der Waals surface area contributed by atoms with E-state index in [4.69, 9.17) is 9.29 Å². The summed E-state index contributed by atoms with van der Waals surface area (Å²) >= 11 is 0. The van der Waals surface area contributed by atoms with Crippen LogP contribution in [-0.2, 0) is 14.3 Å². The molecule has 2 N–H and O–H groups in total. The van der Waals surface area contributed by atoms with E-state index >= 15 is 0 Å². The van der Waals surface area contributed by atoms with Gasteiger partial charge in [0.25, 0.3) is 10.1 Å². The molecule has 110 valence electrons. The van der Waals surface area contributed by atoms with Crippen molar-refractivity contribution in [1.82, 2.24) is 0 Å². The smallest absolute Gasteiger partial charge is 0.297 e. The first kappa shape index (κ1) is 15.5. The van der Waals surface area contributed by atoms with Gasteiger partial charge in [-0.25, -0.2) is 0 Å². The van der Waals surface area contributed by atoms with Crippen molar-refractivity contribution in [3.8, 4) is 0 Å². The van der Waals surface area contributed by atoms with Crippen molar-refractivity contribution in [2.45, 2.75) is 36.3 Å². The van der Waals surface area contributed by atoms with Gasteiger partial charge < -0.3 is 10.2 Å². The van der Waals surface area contributed by atoms with Gasteiger partial charge in [-0.05, 0) is 31.3 Å². The van der Waals surface area contributed by atoms with Crippen molar-refractivity contribution < 1.29 is 22.8 Å². The van der Waals surface area contributed by atoms with E-state index in [0.717, 1.165) is 5.56 Å². The molecule has 7 heteroatoms. The monoisotopic (exact) mass is 298 g/mol. The predicted molar refractivity (Wildman–Crippen MR) is 76.7 cm³/mol. The number of hydrogen-bond acceptors (Lipinski definition) is 5. The van der Waals surface area contributed by atoms with Crippen LogP contribution < -0.4 is 0 Å². The fraction of sp³-hybridized carbons (Fsp3) is 0.538. The van der Waals surface area contributed by atoms with Crippen LogP contribution in [-0.4, -0.2) is 45.3 Å². The molecular formula is C13H19BO5S. The van der Waals surface area contributed by atoms with E-state index < -0.39 is 22.3 Å². The Morgan fingerprint density at radius 3 is 2.45 bits per heavy atom. The van der Waals surface area contributed by atoms with E-state index in [0.29, 0.717) is 6.42 Å². The minimum Gasteiger partial charge on any atom is -0.396 e. The molecular weight excluding hydrogens is 279 g/mol. The maximum atomic E-state index is 12.2. The summed E-state index contributed by atoms with van der Waals surface area (Å²) in [6.45, 7) is 1.70. The average molecular weight is 298 g/mol. The third-order valence-electron chi connectivity index (χ3n) is 3.84. The normalized spacial score (nSPS) is 30.6. The lowest BCUT2D eigenvalue weighted by Gasteiger charge is -2.20. The molecule has 0 heterocycles. The van der Waals surface area contributed by atoms with Crippen molar-refractivity contribution in [3.63, 3.8) is 0 Å². The third-order valence-corrected chi connectivity index (χ3v) is 5.16. The van der Waals surface area contributed by atoms with Crippen LogP contribution in [0.3, 0.4) is 0 Å². The molecule has 1 aliphatic rings. The summed E-state index contributed by atoms with van der Waals surface area (Å²) in [5.74, 6) is -0.453. The summed E-state index contributed by atoms with van der Waals surface area (Å²) in [7, 11) is -2.09. The quantitative estimate of drug-likeness (QED) is 0.597. The molecule has 0 aromatic heterocycles. The van der Waals surface area contributed by atoms with Gasteiger partial charge in [0, 0.05) is 12.5 Å². The molecule has 0 bridgehead atoms. The van der Waals surface area contributed by atoms with Crippen molar-refractivity contribution in [3.05, 3.63) is 29.8 Å². The van der Waals surface area contributed by atoms with Crippen LogP contribution in [0.5, 0.6) is 0 Å². The lowest BCUT2D eigenvalue weighted by Crippen LogP contribution is -2.33. The first-order valence-corrected chi connectivity index (χ1v) is 8.05. The predicted octanol–water partition coefficient (Wildman–Crippen LogP) is -0.136. The molecule has 1 aromatic rings. The molecule has 1 aromatic carbocycles. The molecule has 4 atom stereocenters. The number of hydrogen-bond donors (Lipinski definition) is 2. The molecule has 0 aliphatic heterocycles. The van der Waals surface area contributed by atoms with Crippen LogP contribution in [0.2, 0.25) is 5.82 Å². The van der Waals surface area contributed by atoms with Gasteiger partial charge in [0.15, 0.2) is 0 Å². The average Bonchev–Trinajstić information content (AvgIpc) is 2.66. The van der Waals surface area contributed by atoms with Crippen molar-refractivity contribution in [2.24, 2.45) is 5.92 Å². The number of benzene rings is 1. The molecule has 0 amide bonds. The van der Waals surface area contributed by atoms with Gasteiger partial charge in [0.2, 0.25) is 0 Å². The van der Waals surface area contributed by atoms with E-state index in [1.165, 1.54) is 12.1 Å². The standard InChI is InChI=1S/C13H19BO5S/c1-8-2-4-10(5-3-8)20(17,18)19-13-11(14)6-9(7-15)12(13)16/h2-5,9,11-13,15-16H,6-7,14H2,1H3. The molecule has 2 rings (SSSR count). The first-order chi connectivity index (χ1) is 9.35. The molecule has 0 spiro atoms. The highest BCUT2D eigenvalue weighted by Crippen LogP contribution is 2.37. The second-order valence-corrected chi connectivity index (χ2v) is 7.05. The molecule has 1 fully saturated rings. The molecule has 5 nitrogen and oxygen atoms in total. The highest BCUT2D eigenvalue weighted by atomic mass is 32.2. The van der Waals surface area contributed by atoms with E-state index in [1.54, 1.807) is 12.1 Å². The maximum absolute atomic E-state index is 12.2. The van der Waals surface area contributed by atoms with Gasteiger partial charge in [-0.1, -0.05) is 17.7 Å². The van der Waals surface area contributed by atoms with Gasteiger partial charge in [-0.2, -0.15) is 8.42 Å². The van der Waals surface area contributed by atoms with Gasteiger partial charge in [-0.3, -0.25) is 4.18 Å². The molecule has 1 aliphatic carbocycles. The topological polar surface area (TPSA) is 83.8 Å². The number of aliphatic hydroxyl groups is 2. The summed E-state index contributed by atoms with van der Waals surface area (Å²) in [6.07, 6.45) is -1.22. The van der Waals surface area contributed by atoms with Crippen molar-refractivity contribution in [2.75, 3.05) is 6.61 Å². The summed E-state index contributed by atoms with van der Waals surface area (Å²) in [5.41, 5.74) is 0.957.